The first-order valence-electron chi connectivity index (χ1n) is 7.26. The molecular formula is C14H28N2O2. The van der Waals surface area contributed by atoms with Crippen molar-refractivity contribution < 1.29 is 9.84 Å². The summed E-state index contributed by atoms with van der Waals surface area (Å²) in [6.07, 6.45) is 4.87. The fourth-order valence-corrected chi connectivity index (χ4v) is 3.22. The molecule has 1 heterocycles. The van der Waals surface area contributed by atoms with Crippen LogP contribution in [0.5, 0.6) is 0 Å². The van der Waals surface area contributed by atoms with Gasteiger partial charge in [0, 0.05) is 26.3 Å². The lowest BCUT2D eigenvalue weighted by atomic mass is 9.92. The van der Waals surface area contributed by atoms with Crippen LogP contribution in [0.4, 0.5) is 0 Å². The lowest BCUT2D eigenvalue weighted by Gasteiger charge is -2.37. The van der Waals surface area contributed by atoms with Crippen LogP contribution < -0.4 is 5.32 Å². The fourth-order valence-electron chi connectivity index (χ4n) is 3.22. The number of hydrogen-bond acceptors (Lipinski definition) is 4. The molecule has 0 radical (unpaired) electrons. The van der Waals surface area contributed by atoms with Gasteiger partial charge in [0.25, 0.3) is 0 Å². The monoisotopic (exact) mass is 256 g/mol. The molecule has 18 heavy (non-hydrogen) atoms. The van der Waals surface area contributed by atoms with E-state index in [2.05, 4.69) is 17.3 Å². The zero-order valence-electron chi connectivity index (χ0n) is 11.8. The lowest BCUT2D eigenvalue weighted by molar-refractivity contribution is 0.0457. The molecule has 0 aromatic carbocycles. The van der Waals surface area contributed by atoms with E-state index in [4.69, 9.17) is 4.74 Å². The van der Waals surface area contributed by atoms with E-state index in [-0.39, 0.29) is 12.1 Å². The van der Waals surface area contributed by atoms with Gasteiger partial charge in [-0.2, -0.15) is 0 Å². The van der Waals surface area contributed by atoms with E-state index < -0.39 is 0 Å². The minimum Gasteiger partial charge on any atom is -0.394 e. The maximum absolute atomic E-state index is 9.73. The molecule has 0 bridgehead atoms. The topological polar surface area (TPSA) is 44.7 Å². The lowest BCUT2D eigenvalue weighted by Crippen LogP contribution is -2.56. The van der Waals surface area contributed by atoms with Gasteiger partial charge >= 0.3 is 0 Å². The Bertz CT molecular complexity index is 246. The summed E-state index contributed by atoms with van der Waals surface area (Å²) in [5.74, 6) is 1.42. The molecule has 0 amide bonds. The molecule has 2 fully saturated rings. The summed E-state index contributed by atoms with van der Waals surface area (Å²) in [4.78, 5) is 2.39. The summed E-state index contributed by atoms with van der Waals surface area (Å²) in [6.45, 7) is 4.14. The number of hydrogen-bond donors (Lipinski definition) is 2. The van der Waals surface area contributed by atoms with E-state index >= 15 is 0 Å². The summed E-state index contributed by atoms with van der Waals surface area (Å²) >= 11 is 0. The summed E-state index contributed by atoms with van der Waals surface area (Å²) in [5.41, 5.74) is -0.0834. The minimum absolute atomic E-state index is 0.0834. The second-order valence-corrected chi connectivity index (χ2v) is 6.09. The van der Waals surface area contributed by atoms with Gasteiger partial charge in [0.05, 0.1) is 12.1 Å². The highest BCUT2D eigenvalue weighted by molar-refractivity contribution is 5.01. The summed E-state index contributed by atoms with van der Waals surface area (Å²) < 4.78 is 5.40. The van der Waals surface area contributed by atoms with Gasteiger partial charge in [0.15, 0.2) is 0 Å². The Balaban J connectivity index is 1.82. The van der Waals surface area contributed by atoms with Gasteiger partial charge in [0.2, 0.25) is 0 Å². The summed E-state index contributed by atoms with van der Waals surface area (Å²) in [5, 5.41) is 13.1. The Morgan fingerprint density at radius 1 is 1.28 bits per heavy atom. The van der Waals surface area contributed by atoms with Gasteiger partial charge in [-0.15, -0.1) is 0 Å². The average molecular weight is 256 g/mol. The van der Waals surface area contributed by atoms with Crippen molar-refractivity contribution in [3.8, 4) is 0 Å². The van der Waals surface area contributed by atoms with Crippen LogP contribution in [-0.4, -0.2) is 62.6 Å². The Morgan fingerprint density at radius 3 is 2.44 bits per heavy atom. The Hall–Kier alpha value is -0.160. The summed E-state index contributed by atoms with van der Waals surface area (Å²) in [7, 11) is 4.16. The standard InChI is InChI=1S/C14H28N2O2/c1-15-14(11-17,13-3-4-13)10-16(2)9-12-5-7-18-8-6-12/h12-13,15,17H,3-11H2,1-2H3. The molecular weight excluding hydrogens is 228 g/mol. The molecule has 106 valence electrons. The van der Waals surface area contributed by atoms with Gasteiger partial charge in [-0.3, -0.25) is 0 Å². The average Bonchev–Trinajstić information content (AvgIpc) is 3.22. The third-order valence-corrected chi connectivity index (χ3v) is 4.60. The van der Waals surface area contributed by atoms with Crippen molar-refractivity contribution in [3.63, 3.8) is 0 Å². The number of ether oxygens (including phenoxy) is 1. The van der Waals surface area contributed by atoms with E-state index in [9.17, 15) is 5.11 Å². The van der Waals surface area contributed by atoms with Crippen LogP contribution >= 0.6 is 0 Å². The molecule has 1 atom stereocenters. The molecule has 1 aliphatic carbocycles. The SMILES string of the molecule is CNC(CO)(CN(C)CC1CCOCC1)C1CC1. The van der Waals surface area contributed by atoms with Gasteiger partial charge in [-0.1, -0.05) is 0 Å². The first kappa shape index (κ1) is 14.3. The molecule has 1 saturated carbocycles. The number of aliphatic hydroxyl groups excluding tert-OH is 1. The van der Waals surface area contributed by atoms with Gasteiger partial charge < -0.3 is 20.1 Å². The van der Waals surface area contributed by atoms with Gasteiger partial charge in [-0.25, -0.2) is 0 Å². The molecule has 1 saturated heterocycles. The predicted molar refractivity (Wildman–Crippen MR) is 72.6 cm³/mol. The molecule has 2 N–H and O–H groups in total. The van der Waals surface area contributed by atoms with Crippen molar-refractivity contribution in [2.24, 2.45) is 11.8 Å². The first-order valence-corrected chi connectivity index (χ1v) is 7.26. The van der Waals surface area contributed by atoms with E-state index in [0.717, 1.165) is 32.2 Å². The number of nitrogens with zero attached hydrogens (tertiary/aromatic N) is 1. The van der Waals surface area contributed by atoms with Crippen LogP contribution in [0.25, 0.3) is 0 Å². The van der Waals surface area contributed by atoms with Crippen LogP contribution in [0, 0.1) is 11.8 Å². The minimum atomic E-state index is -0.0834. The second-order valence-electron chi connectivity index (χ2n) is 6.09. The van der Waals surface area contributed by atoms with Crippen LogP contribution in [0.2, 0.25) is 0 Å². The molecule has 0 aromatic heterocycles. The Kier molecular flexibility index (Phi) is 5.01. The highest BCUT2D eigenvalue weighted by Gasteiger charge is 2.44. The maximum atomic E-state index is 9.73. The van der Waals surface area contributed by atoms with E-state index in [1.807, 2.05) is 7.05 Å². The molecule has 1 aliphatic heterocycles. The van der Waals surface area contributed by atoms with Crippen molar-refractivity contribution in [2.45, 2.75) is 31.2 Å². The summed E-state index contributed by atoms with van der Waals surface area (Å²) in [6, 6.07) is 0. The smallest absolute Gasteiger partial charge is 0.0628 e. The predicted octanol–water partition coefficient (Wildman–Crippen LogP) is 0.705. The molecule has 4 nitrogen and oxygen atoms in total. The first-order chi connectivity index (χ1) is 8.70. The number of aliphatic hydroxyl groups is 1. The third-order valence-electron chi connectivity index (χ3n) is 4.60. The normalized spacial score (nSPS) is 25.3. The Morgan fingerprint density at radius 2 is 1.94 bits per heavy atom. The van der Waals surface area contributed by atoms with E-state index in [1.54, 1.807) is 0 Å². The van der Waals surface area contributed by atoms with Crippen LogP contribution in [0.1, 0.15) is 25.7 Å². The van der Waals surface area contributed by atoms with Crippen LogP contribution in [0.3, 0.4) is 0 Å². The third kappa shape index (κ3) is 3.44. The second kappa shape index (κ2) is 6.33. The van der Waals surface area contributed by atoms with Crippen molar-refractivity contribution >= 4 is 0 Å². The quantitative estimate of drug-likeness (QED) is 0.704. The molecule has 4 heteroatoms. The highest BCUT2D eigenvalue weighted by atomic mass is 16.5. The molecule has 1 unspecified atom stereocenters. The van der Waals surface area contributed by atoms with Crippen LogP contribution in [0.15, 0.2) is 0 Å². The van der Waals surface area contributed by atoms with Gasteiger partial charge in [-0.05, 0) is 51.6 Å². The fraction of sp³-hybridized carbons (Fsp3) is 1.00. The highest BCUT2D eigenvalue weighted by Crippen LogP contribution is 2.39. The molecule has 2 aliphatic rings. The molecule has 2 rings (SSSR count). The molecule has 0 aromatic rings. The zero-order chi connectivity index (χ0) is 13.0. The van der Waals surface area contributed by atoms with Crippen molar-refractivity contribution in [1.29, 1.82) is 0 Å². The van der Waals surface area contributed by atoms with Crippen molar-refractivity contribution in [3.05, 3.63) is 0 Å². The van der Waals surface area contributed by atoms with E-state index in [0.29, 0.717) is 5.92 Å². The van der Waals surface area contributed by atoms with Crippen molar-refractivity contribution in [2.75, 3.05) is 47.0 Å². The Labute approximate surface area is 111 Å². The van der Waals surface area contributed by atoms with Crippen molar-refractivity contribution in [1.82, 2.24) is 10.2 Å². The van der Waals surface area contributed by atoms with Gasteiger partial charge in [0.1, 0.15) is 0 Å². The number of likely N-dealkylation sites (N-methyl/N-ethyl adjacent to an activating group) is 2. The number of rotatable bonds is 7. The largest absolute Gasteiger partial charge is 0.394 e. The van der Waals surface area contributed by atoms with Crippen LogP contribution in [-0.2, 0) is 4.74 Å². The maximum Gasteiger partial charge on any atom is 0.0628 e. The number of nitrogens with one attached hydrogen (secondary N) is 1. The zero-order valence-corrected chi connectivity index (χ0v) is 11.8. The molecule has 0 spiro atoms. The van der Waals surface area contributed by atoms with E-state index in [1.165, 1.54) is 25.7 Å².